The lowest BCUT2D eigenvalue weighted by Crippen LogP contribution is -2.19. The van der Waals surface area contributed by atoms with E-state index in [0.717, 1.165) is 0 Å². The fraction of sp³-hybridized carbons (Fsp3) is 0.778. The zero-order chi connectivity index (χ0) is 11.9. The largest absolute Gasteiger partial charge is 0.399 e. The summed E-state index contributed by atoms with van der Waals surface area (Å²) in [5.74, 6) is 0. The molecule has 0 aromatic heterocycles. The first kappa shape index (κ1) is 14.8. The molecule has 0 unspecified atom stereocenters. The van der Waals surface area contributed by atoms with Crippen LogP contribution in [0.25, 0.3) is 0 Å². The molecule has 0 aliphatic rings. The maximum absolute atomic E-state index is 13.5. The molecule has 0 saturated carbocycles. The normalized spacial score (nSPS) is 13.7. The third-order valence-electron chi connectivity index (χ3n) is 1.60. The summed E-state index contributed by atoms with van der Waals surface area (Å²) in [4.78, 5) is 0. The van der Waals surface area contributed by atoms with Gasteiger partial charge in [0.2, 0.25) is 0 Å². The van der Waals surface area contributed by atoms with Crippen molar-refractivity contribution in [2.75, 3.05) is 13.2 Å². The molecule has 0 aliphatic carbocycles. The van der Waals surface area contributed by atoms with Crippen LogP contribution in [-0.2, 0) is 13.6 Å². The summed E-state index contributed by atoms with van der Waals surface area (Å²) >= 11 is 0. The minimum atomic E-state index is -4.34. The third kappa shape index (κ3) is 4.01. The van der Waals surface area contributed by atoms with Crippen LogP contribution in [0.5, 0.6) is 0 Å². The van der Waals surface area contributed by atoms with Gasteiger partial charge in [-0.15, -0.1) is 0 Å². The van der Waals surface area contributed by atoms with E-state index in [0.29, 0.717) is 0 Å². The molecule has 0 N–H and O–H groups in total. The Hall–Kier alpha value is -0.250. The molecule has 0 fully saturated rings. The van der Waals surface area contributed by atoms with Gasteiger partial charge >= 0.3 is 13.3 Å². The van der Waals surface area contributed by atoms with Gasteiger partial charge < -0.3 is 9.05 Å². The van der Waals surface area contributed by atoms with Crippen LogP contribution < -0.4 is 0 Å². The van der Waals surface area contributed by atoms with E-state index in [1.807, 2.05) is 0 Å². The van der Waals surface area contributed by atoms with E-state index in [-0.39, 0.29) is 13.2 Å². The predicted molar refractivity (Wildman–Crippen MR) is 55.2 cm³/mol. The predicted octanol–water partition coefficient (Wildman–Crippen LogP) is 3.81. The first-order valence-electron chi connectivity index (χ1n) is 4.81. The molecular formula is C9H17F2O3P. The first-order chi connectivity index (χ1) is 6.93. The fourth-order valence-corrected chi connectivity index (χ4v) is 2.40. The van der Waals surface area contributed by atoms with Gasteiger partial charge in [-0.3, -0.25) is 4.57 Å². The Labute approximate surface area is 89.0 Å². The molecule has 3 nitrogen and oxygen atoms in total. The van der Waals surface area contributed by atoms with Gasteiger partial charge in [0.05, 0.1) is 13.2 Å². The lowest BCUT2D eigenvalue weighted by molar-refractivity contribution is 0.0415. The Morgan fingerprint density at radius 2 is 1.73 bits per heavy atom. The zero-order valence-corrected chi connectivity index (χ0v) is 10.1. The summed E-state index contributed by atoms with van der Waals surface area (Å²) in [5, 5.41) is 0. The molecule has 6 heteroatoms. The number of alkyl halides is 2. The topological polar surface area (TPSA) is 35.5 Å². The quantitative estimate of drug-likeness (QED) is 0.503. The second kappa shape index (κ2) is 6.36. The van der Waals surface area contributed by atoms with Crippen LogP contribution >= 0.6 is 7.60 Å². The molecule has 0 atom stereocenters. The van der Waals surface area contributed by atoms with Crippen molar-refractivity contribution in [2.45, 2.75) is 32.9 Å². The summed E-state index contributed by atoms with van der Waals surface area (Å²) < 4.78 is 47.8. The summed E-state index contributed by atoms with van der Waals surface area (Å²) in [5.41, 5.74) is -3.47. The van der Waals surface area contributed by atoms with Crippen molar-refractivity contribution in [3.63, 3.8) is 0 Å². The Morgan fingerprint density at radius 1 is 1.27 bits per heavy atom. The molecule has 0 heterocycles. The van der Waals surface area contributed by atoms with Crippen LogP contribution in [0.3, 0.4) is 0 Å². The first-order valence-corrected chi connectivity index (χ1v) is 6.36. The van der Waals surface area contributed by atoms with Crippen LogP contribution in [0.2, 0.25) is 0 Å². The van der Waals surface area contributed by atoms with Crippen LogP contribution in [0.4, 0.5) is 8.78 Å². The summed E-state index contributed by atoms with van der Waals surface area (Å²) in [6.45, 7) is 4.47. The lowest BCUT2D eigenvalue weighted by atomic mass is 10.4. The van der Waals surface area contributed by atoms with E-state index < -0.39 is 19.7 Å². The second-order valence-electron chi connectivity index (χ2n) is 2.77. The third-order valence-corrected chi connectivity index (χ3v) is 3.78. The van der Waals surface area contributed by atoms with Gasteiger partial charge in [-0.05, 0) is 20.8 Å². The molecule has 0 rings (SSSR count). The molecule has 0 aromatic rings. The molecule has 0 amide bonds. The van der Waals surface area contributed by atoms with Gasteiger partial charge in [-0.1, -0.05) is 12.2 Å². The van der Waals surface area contributed by atoms with Gasteiger partial charge in [0.15, 0.2) is 0 Å². The molecule has 15 heavy (non-hydrogen) atoms. The Bertz CT molecular complexity index is 244. The summed E-state index contributed by atoms with van der Waals surface area (Å²) in [7, 11) is -4.34. The highest BCUT2D eigenvalue weighted by molar-refractivity contribution is 7.55. The van der Waals surface area contributed by atoms with Crippen LogP contribution in [0.15, 0.2) is 12.2 Å². The Morgan fingerprint density at radius 3 is 2.07 bits per heavy atom. The van der Waals surface area contributed by atoms with Crippen molar-refractivity contribution in [3.8, 4) is 0 Å². The number of hydrogen-bond donors (Lipinski definition) is 0. The minimum Gasteiger partial charge on any atom is -0.305 e. The minimum absolute atomic E-state index is 0.0668. The van der Waals surface area contributed by atoms with Crippen molar-refractivity contribution >= 4 is 7.60 Å². The van der Waals surface area contributed by atoms with Gasteiger partial charge in [-0.25, -0.2) is 0 Å². The summed E-state index contributed by atoms with van der Waals surface area (Å²) in [6.07, 6.45) is 2.07. The Kier molecular flexibility index (Phi) is 6.25. The average Bonchev–Trinajstić information content (AvgIpc) is 2.15. The number of allylic oxidation sites excluding steroid dienone is 2. The van der Waals surface area contributed by atoms with Crippen molar-refractivity contribution in [2.24, 2.45) is 0 Å². The Balaban J connectivity index is 4.79. The zero-order valence-electron chi connectivity index (χ0n) is 9.20. The van der Waals surface area contributed by atoms with Crippen LogP contribution in [0.1, 0.15) is 27.2 Å². The molecule has 0 bridgehead atoms. The smallest absolute Gasteiger partial charge is 0.305 e. The number of rotatable bonds is 7. The molecule has 0 aliphatic heterocycles. The summed E-state index contributed by atoms with van der Waals surface area (Å²) in [6, 6.07) is 0. The van der Waals surface area contributed by atoms with Crippen molar-refractivity contribution in [3.05, 3.63) is 12.2 Å². The van der Waals surface area contributed by atoms with E-state index in [1.165, 1.54) is 26.0 Å². The molecule has 0 saturated heterocycles. The SMILES string of the molecule is C/C=C\CC(F)(F)P(=O)(OCC)OCC. The fourth-order valence-electron chi connectivity index (χ4n) is 0.938. The lowest BCUT2D eigenvalue weighted by Gasteiger charge is -2.24. The maximum Gasteiger partial charge on any atom is 0.399 e. The monoisotopic (exact) mass is 242 g/mol. The average molecular weight is 242 g/mol. The van der Waals surface area contributed by atoms with Crippen LogP contribution in [0, 0.1) is 0 Å². The van der Waals surface area contributed by atoms with Gasteiger partial charge in [0.1, 0.15) is 0 Å². The van der Waals surface area contributed by atoms with E-state index in [1.54, 1.807) is 6.92 Å². The molecule has 0 aromatic carbocycles. The highest BCUT2D eigenvalue weighted by atomic mass is 31.2. The van der Waals surface area contributed by atoms with Gasteiger partial charge in [0, 0.05) is 6.42 Å². The van der Waals surface area contributed by atoms with E-state index in [9.17, 15) is 13.3 Å². The van der Waals surface area contributed by atoms with Crippen LogP contribution in [-0.4, -0.2) is 18.9 Å². The van der Waals surface area contributed by atoms with E-state index in [4.69, 9.17) is 0 Å². The molecule has 0 spiro atoms. The highest BCUT2D eigenvalue weighted by Crippen LogP contribution is 2.63. The van der Waals surface area contributed by atoms with E-state index >= 15 is 0 Å². The second-order valence-corrected chi connectivity index (χ2v) is 4.94. The number of halogens is 2. The van der Waals surface area contributed by atoms with Crippen molar-refractivity contribution in [1.29, 1.82) is 0 Å². The van der Waals surface area contributed by atoms with Crippen molar-refractivity contribution in [1.82, 2.24) is 0 Å². The van der Waals surface area contributed by atoms with Crippen molar-refractivity contribution < 1.29 is 22.4 Å². The standard InChI is InChI=1S/C9H17F2O3P/c1-4-7-8-9(10,11)15(12,13-5-2)14-6-3/h4,7H,5-6,8H2,1-3H3/b7-4-. The number of hydrogen-bond acceptors (Lipinski definition) is 3. The van der Waals surface area contributed by atoms with E-state index in [2.05, 4.69) is 9.05 Å². The molecule has 90 valence electrons. The molecule has 0 radical (unpaired) electrons. The molecular weight excluding hydrogens is 225 g/mol. The maximum atomic E-state index is 13.5. The van der Waals surface area contributed by atoms with Gasteiger partial charge in [-0.2, -0.15) is 8.78 Å². The van der Waals surface area contributed by atoms with Gasteiger partial charge in [0.25, 0.3) is 0 Å². The highest BCUT2D eigenvalue weighted by Gasteiger charge is 2.52.